The van der Waals surface area contributed by atoms with Gasteiger partial charge in [-0.15, -0.1) is 0 Å². The van der Waals surface area contributed by atoms with Gasteiger partial charge in [-0.25, -0.2) is 0 Å². The van der Waals surface area contributed by atoms with Crippen molar-refractivity contribution in [2.75, 3.05) is 16.8 Å². The normalized spacial score (nSPS) is 15.2. The number of carbonyl (C=O) groups excluding carboxylic acids is 1. The molecule has 0 aliphatic carbocycles. The van der Waals surface area contributed by atoms with Crippen molar-refractivity contribution in [3.63, 3.8) is 0 Å². The summed E-state index contributed by atoms with van der Waals surface area (Å²) in [6.45, 7) is 4.30. The van der Waals surface area contributed by atoms with E-state index in [2.05, 4.69) is 5.32 Å². The van der Waals surface area contributed by atoms with Gasteiger partial charge < -0.3 is 10.2 Å². The number of rotatable bonds is 1. The predicted molar refractivity (Wildman–Crippen MR) is 62.6 cm³/mol. The molecule has 0 unspecified atom stereocenters. The minimum Gasteiger partial charge on any atom is -0.373 e. The SMILES string of the molecule is CC(C)N1C(=O)CNc2c(Cl)cccc21. The summed E-state index contributed by atoms with van der Waals surface area (Å²) >= 11 is 6.06. The molecular formula is C11H13ClN2O. The van der Waals surface area contributed by atoms with Crippen molar-refractivity contribution in [1.82, 2.24) is 0 Å². The highest BCUT2D eigenvalue weighted by molar-refractivity contribution is 6.34. The number of amides is 1. The number of halogens is 1. The summed E-state index contributed by atoms with van der Waals surface area (Å²) in [5.74, 6) is 0.0831. The van der Waals surface area contributed by atoms with Crippen LogP contribution in [-0.4, -0.2) is 18.5 Å². The summed E-state index contributed by atoms with van der Waals surface area (Å²) in [5.41, 5.74) is 1.72. The summed E-state index contributed by atoms with van der Waals surface area (Å²) < 4.78 is 0. The number of hydrogen-bond donors (Lipinski definition) is 1. The van der Waals surface area contributed by atoms with Crippen LogP contribution in [0.3, 0.4) is 0 Å². The smallest absolute Gasteiger partial charge is 0.246 e. The fourth-order valence-electron chi connectivity index (χ4n) is 1.84. The molecule has 2 rings (SSSR count). The van der Waals surface area contributed by atoms with E-state index < -0.39 is 0 Å². The van der Waals surface area contributed by atoms with Gasteiger partial charge in [-0.3, -0.25) is 4.79 Å². The van der Waals surface area contributed by atoms with E-state index in [1.807, 2.05) is 32.0 Å². The number of nitrogens with zero attached hydrogens (tertiary/aromatic N) is 1. The first kappa shape index (κ1) is 10.3. The molecule has 1 aliphatic heterocycles. The Morgan fingerprint density at radius 1 is 1.47 bits per heavy atom. The van der Waals surface area contributed by atoms with Gasteiger partial charge in [-0.2, -0.15) is 0 Å². The van der Waals surface area contributed by atoms with Gasteiger partial charge in [-0.05, 0) is 26.0 Å². The highest BCUT2D eigenvalue weighted by atomic mass is 35.5. The second-order valence-corrected chi connectivity index (χ2v) is 4.25. The monoisotopic (exact) mass is 224 g/mol. The van der Waals surface area contributed by atoms with Crippen LogP contribution in [0, 0.1) is 0 Å². The molecule has 0 radical (unpaired) electrons. The third-order valence-electron chi connectivity index (χ3n) is 2.45. The molecule has 1 amide bonds. The number of fused-ring (bicyclic) bond motifs is 1. The molecule has 0 aromatic heterocycles. The van der Waals surface area contributed by atoms with Crippen molar-refractivity contribution in [2.45, 2.75) is 19.9 Å². The molecule has 0 saturated carbocycles. The average Bonchev–Trinajstić information content (AvgIpc) is 2.17. The lowest BCUT2D eigenvalue weighted by Gasteiger charge is -2.33. The fourth-order valence-corrected chi connectivity index (χ4v) is 2.07. The van der Waals surface area contributed by atoms with E-state index in [1.54, 1.807) is 4.90 Å². The van der Waals surface area contributed by atoms with E-state index in [1.165, 1.54) is 0 Å². The number of para-hydroxylation sites is 1. The van der Waals surface area contributed by atoms with E-state index in [4.69, 9.17) is 11.6 Å². The third-order valence-corrected chi connectivity index (χ3v) is 2.77. The van der Waals surface area contributed by atoms with Crippen LogP contribution in [0.15, 0.2) is 18.2 Å². The van der Waals surface area contributed by atoms with Crippen LogP contribution in [0.4, 0.5) is 11.4 Å². The van der Waals surface area contributed by atoms with E-state index in [0.29, 0.717) is 11.6 Å². The molecule has 4 heteroatoms. The number of hydrogen-bond acceptors (Lipinski definition) is 2. The zero-order valence-corrected chi connectivity index (χ0v) is 9.51. The predicted octanol–water partition coefficient (Wildman–Crippen LogP) is 2.51. The lowest BCUT2D eigenvalue weighted by Crippen LogP contribution is -2.44. The molecule has 1 aliphatic rings. The Balaban J connectivity index is 2.53. The maximum Gasteiger partial charge on any atom is 0.246 e. The van der Waals surface area contributed by atoms with E-state index in [0.717, 1.165) is 11.4 Å². The van der Waals surface area contributed by atoms with Gasteiger partial charge in [0.05, 0.1) is 22.9 Å². The van der Waals surface area contributed by atoms with Gasteiger partial charge in [0.1, 0.15) is 0 Å². The molecule has 80 valence electrons. The maximum atomic E-state index is 11.7. The molecule has 1 aromatic carbocycles. The van der Waals surface area contributed by atoms with Crippen LogP contribution in [0.1, 0.15) is 13.8 Å². The van der Waals surface area contributed by atoms with Gasteiger partial charge in [0.15, 0.2) is 0 Å². The molecule has 1 N–H and O–H groups in total. The standard InChI is InChI=1S/C11H13ClN2O/c1-7(2)14-9-5-3-4-8(12)11(9)13-6-10(14)15/h3-5,7,13H,6H2,1-2H3. The quantitative estimate of drug-likeness (QED) is 0.795. The summed E-state index contributed by atoms with van der Waals surface area (Å²) in [6.07, 6.45) is 0. The van der Waals surface area contributed by atoms with Crippen LogP contribution < -0.4 is 10.2 Å². The van der Waals surface area contributed by atoms with Crippen molar-refractivity contribution < 1.29 is 4.79 Å². The lowest BCUT2D eigenvalue weighted by molar-refractivity contribution is -0.117. The van der Waals surface area contributed by atoms with Gasteiger partial charge >= 0.3 is 0 Å². The second-order valence-electron chi connectivity index (χ2n) is 3.85. The zero-order chi connectivity index (χ0) is 11.0. The van der Waals surface area contributed by atoms with Crippen molar-refractivity contribution >= 4 is 28.9 Å². The van der Waals surface area contributed by atoms with Crippen molar-refractivity contribution in [1.29, 1.82) is 0 Å². The Morgan fingerprint density at radius 2 is 2.20 bits per heavy atom. The van der Waals surface area contributed by atoms with Crippen LogP contribution >= 0.6 is 11.6 Å². The molecule has 0 saturated heterocycles. The van der Waals surface area contributed by atoms with Crippen LogP contribution in [0.5, 0.6) is 0 Å². The topological polar surface area (TPSA) is 32.3 Å². The lowest BCUT2D eigenvalue weighted by atomic mass is 10.1. The molecule has 0 spiro atoms. The Bertz CT molecular complexity index is 404. The van der Waals surface area contributed by atoms with Crippen molar-refractivity contribution in [2.24, 2.45) is 0 Å². The Labute approximate surface area is 94.0 Å². The highest BCUT2D eigenvalue weighted by Gasteiger charge is 2.26. The first-order valence-electron chi connectivity index (χ1n) is 4.95. The largest absolute Gasteiger partial charge is 0.373 e. The van der Waals surface area contributed by atoms with Gasteiger partial charge in [0.2, 0.25) is 5.91 Å². The van der Waals surface area contributed by atoms with E-state index in [-0.39, 0.29) is 11.9 Å². The Hall–Kier alpha value is -1.22. The number of anilines is 2. The molecule has 0 fully saturated rings. The van der Waals surface area contributed by atoms with Gasteiger partial charge in [-0.1, -0.05) is 17.7 Å². The van der Waals surface area contributed by atoms with Crippen molar-refractivity contribution in [3.05, 3.63) is 23.2 Å². The first-order chi connectivity index (χ1) is 7.11. The molecular weight excluding hydrogens is 212 g/mol. The molecule has 1 heterocycles. The number of nitrogens with one attached hydrogen (secondary N) is 1. The van der Waals surface area contributed by atoms with E-state index >= 15 is 0 Å². The minimum absolute atomic E-state index is 0.0831. The molecule has 0 bridgehead atoms. The molecule has 3 nitrogen and oxygen atoms in total. The Kier molecular flexibility index (Phi) is 2.57. The molecule has 1 aromatic rings. The van der Waals surface area contributed by atoms with Crippen LogP contribution in [0.25, 0.3) is 0 Å². The summed E-state index contributed by atoms with van der Waals surface area (Å²) in [7, 11) is 0. The van der Waals surface area contributed by atoms with Gasteiger partial charge in [0, 0.05) is 6.04 Å². The third kappa shape index (κ3) is 1.67. The van der Waals surface area contributed by atoms with E-state index in [9.17, 15) is 4.79 Å². The number of benzene rings is 1. The molecule has 0 atom stereocenters. The highest BCUT2D eigenvalue weighted by Crippen LogP contribution is 2.36. The maximum absolute atomic E-state index is 11.7. The first-order valence-corrected chi connectivity index (χ1v) is 5.33. The average molecular weight is 225 g/mol. The fraction of sp³-hybridized carbons (Fsp3) is 0.364. The summed E-state index contributed by atoms with van der Waals surface area (Å²) in [4.78, 5) is 13.5. The zero-order valence-electron chi connectivity index (χ0n) is 8.75. The van der Waals surface area contributed by atoms with Crippen LogP contribution in [-0.2, 0) is 4.79 Å². The van der Waals surface area contributed by atoms with Gasteiger partial charge in [0.25, 0.3) is 0 Å². The molecule has 15 heavy (non-hydrogen) atoms. The summed E-state index contributed by atoms with van der Waals surface area (Å²) in [5, 5.41) is 3.70. The summed E-state index contributed by atoms with van der Waals surface area (Å²) in [6, 6.07) is 5.74. The minimum atomic E-state index is 0.0831. The second kappa shape index (κ2) is 3.74. The van der Waals surface area contributed by atoms with Crippen LogP contribution in [0.2, 0.25) is 5.02 Å². The van der Waals surface area contributed by atoms with Crippen molar-refractivity contribution in [3.8, 4) is 0 Å². The number of carbonyl (C=O) groups is 1. The Morgan fingerprint density at radius 3 is 2.87 bits per heavy atom.